The van der Waals surface area contributed by atoms with E-state index >= 15 is 0 Å². The summed E-state index contributed by atoms with van der Waals surface area (Å²) in [6.45, 7) is 3.19. The van der Waals surface area contributed by atoms with Gasteiger partial charge in [0.05, 0.1) is 11.5 Å². The van der Waals surface area contributed by atoms with Crippen molar-refractivity contribution in [1.29, 1.82) is 5.26 Å². The van der Waals surface area contributed by atoms with E-state index in [4.69, 9.17) is 11.0 Å². The number of nitrogens with zero attached hydrogens (tertiary/aromatic N) is 1. The second-order valence-corrected chi connectivity index (χ2v) is 3.59. The molecule has 0 aliphatic rings. The first kappa shape index (κ1) is 10.5. The molecule has 1 rings (SSSR count). The minimum absolute atomic E-state index is 0.0930. The van der Waals surface area contributed by atoms with E-state index in [0.717, 1.165) is 12.1 Å². The van der Waals surface area contributed by atoms with E-state index in [9.17, 15) is 8.78 Å². The molecule has 0 heterocycles. The summed E-state index contributed by atoms with van der Waals surface area (Å²) in [5.74, 6) is -1.99. The molecule has 74 valence electrons. The van der Waals surface area contributed by atoms with E-state index in [1.807, 2.05) is 6.07 Å². The van der Waals surface area contributed by atoms with Gasteiger partial charge in [-0.3, -0.25) is 0 Å². The van der Waals surface area contributed by atoms with Crippen LogP contribution in [0.3, 0.4) is 0 Å². The van der Waals surface area contributed by atoms with Crippen LogP contribution in [-0.2, 0) is 5.41 Å². The maximum absolute atomic E-state index is 12.9. The topological polar surface area (TPSA) is 49.8 Å². The maximum atomic E-state index is 12.9. The van der Waals surface area contributed by atoms with Gasteiger partial charge in [-0.1, -0.05) is 0 Å². The second kappa shape index (κ2) is 3.26. The SMILES string of the molecule is CC(C)(C#N)c1cc(F)c(F)cc1N. The van der Waals surface area contributed by atoms with Gasteiger partial charge in [0.2, 0.25) is 0 Å². The standard InChI is InChI=1S/C10H10F2N2/c1-10(2,5-13)6-3-7(11)8(12)4-9(6)14/h3-4H,14H2,1-2H3. The van der Waals surface area contributed by atoms with Crippen molar-refractivity contribution in [3.05, 3.63) is 29.3 Å². The molecule has 4 heteroatoms. The number of nitriles is 1. The summed E-state index contributed by atoms with van der Waals surface area (Å²) in [5, 5.41) is 8.81. The third kappa shape index (κ3) is 1.67. The number of hydrogen-bond acceptors (Lipinski definition) is 2. The Bertz CT molecular complexity index is 405. The third-order valence-electron chi connectivity index (χ3n) is 2.05. The van der Waals surface area contributed by atoms with Gasteiger partial charge in [0.25, 0.3) is 0 Å². The molecule has 0 fully saturated rings. The number of benzene rings is 1. The van der Waals surface area contributed by atoms with Crippen LogP contribution in [0.1, 0.15) is 19.4 Å². The first-order chi connectivity index (χ1) is 6.38. The largest absolute Gasteiger partial charge is 0.398 e. The fourth-order valence-corrected chi connectivity index (χ4v) is 1.16. The number of nitrogens with two attached hydrogens (primary N) is 1. The molecule has 0 spiro atoms. The van der Waals surface area contributed by atoms with Crippen LogP contribution in [0, 0.1) is 23.0 Å². The maximum Gasteiger partial charge on any atom is 0.160 e. The van der Waals surface area contributed by atoms with E-state index < -0.39 is 17.0 Å². The Balaban J connectivity index is 3.38. The average Bonchev–Trinajstić information content (AvgIpc) is 2.11. The molecule has 0 saturated carbocycles. The molecule has 14 heavy (non-hydrogen) atoms. The van der Waals surface area contributed by atoms with Crippen molar-refractivity contribution in [2.45, 2.75) is 19.3 Å². The Morgan fingerprint density at radius 2 is 1.79 bits per heavy atom. The smallest absolute Gasteiger partial charge is 0.160 e. The molecule has 2 nitrogen and oxygen atoms in total. The Morgan fingerprint density at radius 1 is 1.29 bits per heavy atom. The highest BCUT2D eigenvalue weighted by Crippen LogP contribution is 2.29. The molecular formula is C10H10F2N2. The molecule has 0 atom stereocenters. The summed E-state index contributed by atoms with van der Waals surface area (Å²) in [6.07, 6.45) is 0. The van der Waals surface area contributed by atoms with E-state index in [1.165, 1.54) is 0 Å². The summed E-state index contributed by atoms with van der Waals surface area (Å²) in [7, 11) is 0. The van der Waals surface area contributed by atoms with Crippen molar-refractivity contribution in [3.63, 3.8) is 0 Å². The monoisotopic (exact) mass is 196 g/mol. The van der Waals surface area contributed by atoms with Crippen molar-refractivity contribution in [2.24, 2.45) is 0 Å². The number of hydrogen-bond donors (Lipinski definition) is 1. The van der Waals surface area contributed by atoms with E-state index in [-0.39, 0.29) is 5.69 Å². The molecule has 0 amide bonds. The third-order valence-corrected chi connectivity index (χ3v) is 2.05. The summed E-state index contributed by atoms with van der Waals surface area (Å²) < 4.78 is 25.6. The highest BCUT2D eigenvalue weighted by molar-refractivity contribution is 5.53. The van der Waals surface area contributed by atoms with Crippen LogP contribution in [-0.4, -0.2) is 0 Å². The predicted molar refractivity (Wildman–Crippen MR) is 49.4 cm³/mol. The zero-order chi connectivity index (χ0) is 10.9. The fraction of sp³-hybridized carbons (Fsp3) is 0.300. The first-order valence-corrected chi connectivity index (χ1v) is 4.04. The number of halogens is 2. The predicted octanol–water partition coefficient (Wildman–Crippen LogP) is 2.35. The molecule has 2 N–H and O–H groups in total. The van der Waals surface area contributed by atoms with E-state index in [0.29, 0.717) is 5.56 Å². The zero-order valence-corrected chi connectivity index (χ0v) is 7.94. The van der Waals surface area contributed by atoms with E-state index in [1.54, 1.807) is 13.8 Å². The second-order valence-electron chi connectivity index (χ2n) is 3.59. The van der Waals surface area contributed by atoms with Crippen molar-refractivity contribution < 1.29 is 8.78 Å². The Morgan fingerprint density at radius 3 is 2.29 bits per heavy atom. The fourth-order valence-electron chi connectivity index (χ4n) is 1.16. The lowest BCUT2D eigenvalue weighted by molar-refractivity contribution is 0.504. The average molecular weight is 196 g/mol. The van der Waals surface area contributed by atoms with Gasteiger partial charge >= 0.3 is 0 Å². The molecule has 0 aliphatic carbocycles. The van der Waals surface area contributed by atoms with Gasteiger partial charge in [0.15, 0.2) is 11.6 Å². The van der Waals surface area contributed by atoms with Gasteiger partial charge < -0.3 is 5.73 Å². The Hall–Kier alpha value is -1.63. The molecule has 1 aromatic carbocycles. The summed E-state index contributed by atoms with van der Waals surface area (Å²) in [5.41, 5.74) is 4.97. The van der Waals surface area contributed by atoms with Crippen LogP contribution in [0.4, 0.5) is 14.5 Å². The van der Waals surface area contributed by atoms with Crippen LogP contribution < -0.4 is 5.73 Å². The summed E-state index contributed by atoms with van der Waals surface area (Å²) >= 11 is 0. The first-order valence-electron chi connectivity index (χ1n) is 4.04. The molecule has 0 bridgehead atoms. The van der Waals surface area contributed by atoms with Gasteiger partial charge in [0.1, 0.15) is 0 Å². The van der Waals surface area contributed by atoms with Crippen molar-refractivity contribution in [3.8, 4) is 6.07 Å². The van der Waals surface area contributed by atoms with E-state index in [2.05, 4.69) is 0 Å². The summed E-state index contributed by atoms with van der Waals surface area (Å²) in [6, 6.07) is 3.83. The number of anilines is 1. The zero-order valence-electron chi connectivity index (χ0n) is 7.94. The lowest BCUT2D eigenvalue weighted by Crippen LogP contribution is -2.17. The van der Waals surface area contributed by atoms with Crippen molar-refractivity contribution in [2.75, 3.05) is 5.73 Å². The molecule has 0 saturated heterocycles. The van der Waals surface area contributed by atoms with Gasteiger partial charge in [-0.25, -0.2) is 8.78 Å². The van der Waals surface area contributed by atoms with Crippen LogP contribution in [0.15, 0.2) is 12.1 Å². The van der Waals surface area contributed by atoms with Gasteiger partial charge in [0, 0.05) is 11.8 Å². The van der Waals surface area contributed by atoms with Gasteiger partial charge in [-0.15, -0.1) is 0 Å². The molecule has 1 aromatic rings. The quantitative estimate of drug-likeness (QED) is 0.701. The Kier molecular flexibility index (Phi) is 2.43. The summed E-state index contributed by atoms with van der Waals surface area (Å²) in [4.78, 5) is 0. The molecule has 0 radical (unpaired) electrons. The minimum atomic E-state index is -1.00. The van der Waals surface area contributed by atoms with Crippen molar-refractivity contribution >= 4 is 5.69 Å². The lowest BCUT2D eigenvalue weighted by Gasteiger charge is -2.18. The molecule has 0 aromatic heterocycles. The lowest BCUT2D eigenvalue weighted by atomic mass is 9.85. The molecule has 0 aliphatic heterocycles. The minimum Gasteiger partial charge on any atom is -0.398 e. The van der Waals surface area contributed by atoms with Gasteiger partial charge in [-0.2, -0.15) is 5.26 Å². The van der Waals surface area contributed by atoms with Crippen LogP contribution in [0.25, 0.3) is 0 Å². The van der Waals surface area contributed by atoms with Gasteiger partial charge in [-0.05, 0) is 25.5 Å². The molecular weight excluding hydrogens is 186 g/mol. The highest BCUT2D eigenvalue weighted by atomic mass is 19.2. The Labute approximate surface area is 81.0 Å². The van der Waals surface area contributed by atoms with Crippen LogP contribution in [0.2, 0.25) is 0 Å². The number of nitrogen functional groups attached to an aromatic ring is 1. The highest BCUT2D eigenvalue weighted by Gasteiger charge is 2.24. The molecule has 0 unspecified atom stereocenters. The van der Waals surface area contributed by atoms with Crippen molar-refractivity contribution in [1.82, 2.24) is 0 Å². The van der Waals surface area contributed by atoms with Crippen LogP contribution in [0.5, 0.6) is 0 Å². The number of rotatable bonds is 1. The van der Waals surface area contributed by atoms with Crippen LogP contribution >= 0.6 is 0 Å². The normalized spacial score (nSPS) is 11.1.